The highest BCUT2D eigenvalue weighted by Crippen LogP contribution is 2.40. The fourth-order valence-corrected chi connectivity index (χ4v) is 3.57. The summed E-state index contributed by atoms with van der Waals surface area (Å²) in [6.45, 7) is 15.4. The molecule has 0 atom stereocenters. The average molecular weight is 276 g/mol. The Morgan fingerprint density at radius 3 is 2.20 bits per heavy atom. The van der Waals surface area contributed by atoms with E-state index in [4.69, 9.17) is 0 Å². The number of nitrogens with one attached hydrogen (secondary N) is 1. The first kappa shape index (κ1) is 17.2. The Morgan fingerprint density at radius 2 is 1.80 bits per heavy atom. The van der Waals surface area contributed by atoms with Crippen molar-refractivity contribution in [1.82, 2.24) is 5.32 Å². The van der Waals surface area contributed by atoms with Gasteiger partial charge < -0.3 is 5.32 Å². The molecule has 1 rings (SSSR count). The van der Waals surface area contributed by atoms with Crippen LogP contribution in [0.25, 0.3) is 0 Å². The van der Waals surface area contributed by atoms with E-state index < -0.39 is 0 Å². The van der Waals surface area contributed by atoms with Gasteiger partial charge in [-0.25, -0.2) is 0 Å². The van der Waals surface area contributed by atoms with Crippen LogP contribution in [0, 0.1) is 5.41 Å². The molecule has 2 heteroatoms. The maximum Gasteiger partial charge on any atom is 0.0416 e. The SMILES string of the molecule is C=C(C)C(/C(CC)=N\C)=C(/C)CC1(CC)CCNCC1. The predicted octanol–water partition coefficient (Wildman–Crippen LogP) is 4.53. The topological polar surface area (TPSA) is 24.4 Å². The quantitative estimate of drug-likeness (QED) is 0.559. The van der Waals surface area contributed by atoms with Gasteiger partial charge in [-0.1, -0.05) is 32.4 Å². The second kappa shape index (κ2) is 7.78. The van der Waals surface area contributed by atoms with Gasteiger partial charge in [-0.05, 0) is 69.2 Å². The van der Waals surface area contributed by atoms with Crippen molar-refractivity contribution >= 4 is 5.71 Å². The van der Waals surface area contributed by atoms with Gasteiger partial charge in [0.05, 0.1) is 0 Å². The molecule has 1 fully saturated rings. The molecule has 0 bridgehead atoms. The molecule has 1 aliphatic rings. The van der Waals surface area contributed by atoms with Crippen molar-refractivity contribution in [2.45, 2.75) is 59.8 Å². The zero-order valence-corrected chi connectivity index (χ0v) is 14.1. The fourth-order valence-electron chi connectivity index (χ4n) is 3.57. The molecule has 0 aliphatic carbocycles. The van der Waals surface area contributed by atoms with Crippen LogP contribution in [0.15, 0.2) is 28.3 Å². The van der Waals surface area contributed by atoms with Crippen LogP contribution in [0.2, 0.25) is 0 Å². The Hall–Kier alpha value is -0.890. The number of hydrogen-bond acceptors (Lipinski definition) is 2. The molecule has 0 spiro atoms. The maximum absolute atomic E-state index is 4.48. The van der Waals surface area contributed by atoms with E-state index in [0.717, 1.165) is 25.1 Å². The number of aliphatic imine (C=N–C) groups is 1. The summed E-state index contributed by atoms with van der Waals surface area (Å²) >= 11 is 0. The lowest BCUT2D eigenvalue weighted by molar-refractivity contribution is 0.191. The van der Waals surface area contributed by atoms with Crippen LogP contribution in [-0.4, -0.2) is 25.8 Å². The van der Waals surface area contributed by atoms with E-state index in [0.29, 0.717) is 5.41 Å². The smallest absolute Gasteiger partial charge is 0.0416 e. The summed E-state index contributed by atoms with van der Waals surface area (Å²) in [5.41, 5.74) is 5.63. The fraction of sp³-hybridized carbons (Fsp3) is 0.722. The van der Waals surface area contributed by atoms with Crippen molar-refractivity contribution in [2.75, 3.05) is 20.1 Å². The van der Waals surface area contributed by atoms with Crippen molar-refractivity contribution in [3.63, 3.8) is 0 Å². The lowest BCUT2D eigenvalue weighted by Gasteiger charge is -2.38. The Labute approximate surface area is 125 Å². The summed E-state index contributed by atoms with van der Waals surface area (Å²) in [6.07, 6.45) is 6.01. The average Bonchev–Trinajstić information content (AvgIpc) is 2.44. The van der Waals surface area contributed by atoms with Crippen molar-refractivity contribution in [3.05, 3.63) is 23.3 Å². The summed E-state index contributed by atoms with van der Waals surface area (Å²) in [5, 5.41) is 3.49. The van der Waals surface area contributed by atoms with Gasteiger partial charge in [0.15, 0.2) is 0 Å². The Kier molecular flexibility index (Phi) is 6.67. The molecule has 114 valence electrons. The molecule has 0 radical (unpaired) electrons. The minimum Gasteiger partial charge on any atom is -0.317 e. The number of hydrogen-bond donors (Lipinski definition) is 1. The summed E-state index contributed by atoms with van der Waals surface area (Å²) in [7, 11) is 1.90. The first-order valence-electron chi connectivity index (χ1n) is 8.02. The van der Waals surface area contributed by atoms with Gasteiger partial charge in [-0.2, -0.15) is 0 Å². The number of nitrogens with zero attached hydrogens (tertiary/aromatic N) is 1. The molecule has 0 saturated carbocycles. The molecule has 0 aromatic carbocycles. The first-order chi connectivity index (χ1) is 9.49. The Morgan fingerprint density at radius 1 is 1.20 bits per heavy atom. The zero-order valence-electron chi connectivity index (χ0n) is 14.1. The molecule has 1 N–H and O–H groups in total. The molecule has 2 nitrogen and oxygen atoms in total. The van der Waals surface area contributed by atoms with Crippen molar-refractivity contribution < 1.29 is 0 Å². The minimum absolute atomic E-state index is 0.475. The highest BCUT2D eigenvalue weighted by Gasteiger charge is 2.31. The lowest BCUT2D eigenvalue weighted by Crippen LogP contribution is -2.36. The van der Waals surface area contributed by atoms with Gasteiger partial charge in [0, 0.05) is 12.8 Å². The van der Waals surface area contributed by atoms with Crippen LogP contribution in [0.5, 0.6) is 0 Å². The molecule has 0 aromatic heterocycles. The maximum atomic E-state index is 4.48. The normalized spacial score (nSPS) is 20.6. The largest absolute Gasteiger partial charge is 0.317 e. The molecular formula is C18H32N2. The first-order valence-corrected chi connectivity index (χ1v) is 8.02. The van der Waals surface area contributed by atoms with Gasteiger partial charge in [0.2, 0.25) is 0 Å². The molecule has 1 saturated heterocycles. The van der Waals surface area contributed by atoms with E-state index in [-0.39, 0.29) is 0 Å². The van der Waals surface area contributed by atoms with Gasteiger partial charge in [-0.15, -0.1) is 0 Å². The molecule has 1 aliphatic heterocycles. The summed E-state index contributed by atoms with van der Waals surface area (Å²) < 4.78 is 0. The van der Waals surface area contributed by atoms with Crippen molar-refractivity contribution in [1.29, 1.82) is 0 Å². The molecular weight excluding hydrogens is 244 g/mol. The second-order valence-electron chi connectivity index (χ2n) is 6.24. The van der Waals surface area contributed by atoms with Crippen LogP contribution in [0.1, 0.15) is 59.8 Å². The van der Waals surface area contributed by atoms with E-state index in [1.807, 2.05) is 7.05 Å². The Balaban J connectivity index is 3.06. The highest BCUT2D eigenvalue weighted by molar-refractivity contribution is 6.04. The van der Waals surface area contributed by atoms with E-state index in [2.05, 4.69) is 44.6 Å². The number of allylic oxidation sites excluding steroid dienone is 3. The van der Waals surface area contributed by atoms with Crippen LogP contribution >= 0.6 is 0 Å². The summed E-state index contributed by atoms with van der Waals surface area (Å²) in [6, 6.07) is 0. The molecule has 20 heavy (non-hydrogen) atoms. The van der Waals surface area contributed by atoms with Crippen LogP contribution in [0.3, 0.4) is 0 Å². The minimum atomic E-state index is 0.475. The highest BCUT2D eigenvalue weighted by atomic mass is 14.9. The third-order valence-corrected chi connectivity index (χ3v) is 4.80. The van der Waals surface area contributed by atoms with Gasteiger partial charge in [0.1, 0.15) is 0 Å². The van der Waals surface area contributed by atoms with E-state index in [9.17, 15) is 0 Å². The number of rotatable bonds is 6. The van der Waals surface area contributed by atoms with Gasteiger partial charge >= 0.3 is 0 Å². The van der Waals surface area contributed by atoms with E-state index in [1.54, 1.807) is 0 Å². The van der Waals surface area contributed by atoms with Crippen molar-refractivity contribution in [2.24, 2.45) is 10.4 Å². The molecule has 0 aromatic rings. The Bertz CT molecular complexity index is 396. The molecule has 0 unspecified atom stereocenters. The monoisotopic (exact) mass is 276 g/mol. The molecule has 1 heterocycles. The predicted molar refractivity (Wildman–Crippen MR) is 90.6 cm³/mol. The van der Waals surface area contributed by atoms with Crippen LogP contribution in [-0.2, 0) is 0 Å². The number of piperidine rings is 1. The van der Waals surface area contributed by atoms with Crippen LogP contribution < -0.4 is 5.32 Å². The van der Waals surface area contributed by atoms with Crippen LogP contribution in [0.4, 0.5) is 0 Å². The third kappa shape index (κ3) is 4.05. The summed E-state index contributed by atoms with van der Waals surface area (Å²) in [4.78, 5) is 4.48. The van der Waals surface area contributed by atoms with Gasteiger partial charge in [-0.3, -0.25) is 4.99 Å². The van der Waals surface area contributed by atoms with Crippen molar-refractivity contribution in [3.8, 4) is 0 Å². The third-order valence-electron chi connectivity index (χ3n) is 4.80. The molecule has 0 amide bonds. The second-order valence-corrected chi connectivity index (χ2v) is 6.24. The standard InChI is InChI=1S/C18H32N2/c1-7-16(19-6)17(14(3)4)15(5)13-18(8-2)9-11-20-12-10-18/h20H,3,7-13H2,1-2,4-6H3/b17-15+,19-16-. The van der Waals surface area contributed by atoms with E-state index >= 15 is 0 Å². The van der Waals surface area contributed by atoms with E-state index in [1.165, 1.54) is 42.5 Å². The lowest BCUT2D eigenvalue weighted by atomic mass is 9.71. The summed E-state index contributed by atoms with van der Waals surface area (Å²) in [5.74, 6) is 0. The zero-order chi connectivity index (χ0) is 15.2. The van der Waals surface area contributed by atoms with Gasteiger partial charge in [0.25, 0.3) is 0 Å².